The van der Waals surface area contributed by atoms with E-state index in [1.54, 1.807) is 6.07 Å². The third-order valence-corrected chi connectivity index (χ3v) is 4.52. The van der Waals surface area contributed by atoms with Crippen molar-refractivity contribution in [2.45, 2.75) is 30.6 Å². The van der Waals surface area contributed by atoms with Crippen LogP contribution < -0.4 is 0 Å². The van der Waals surface area contributed by atoms with Gasteiger partial charge in [0.15, 0.2) is 9.84 Å². The van der Waals surface area contributed by atoms with Crippen LogP contribution in [-0.2, 0) is 9.84 Å². The van der Waals surface area contributed by atoms with Crippen LogP contribution in [0.25, 0.3) is 0 Å². The number of hydrogen-bond acceptors (Lipinski definition) is 3. The topological polar surface area (TPSA) is 71.4 Å². The molecule has 0 bridgehead atoms. The van der Waals surface area contributed by atoms with Gasteiger partial charge in [-0.1, -0.05) is 24.7 Å². The number of carboxylic acid groups (broad SMARTS) is 1. The molecule has 1 saturated carbocycles. The number of carbonyl (C=O) groups is 1. The Balaban J connectivity index is 2.39. The molecule has 1 aromatic carbocycles. The van der Waals surface area contributed by atoms with E-state index in [1.165, 1.54) is 25.0 Å². The zero-order valence-corrected chi connectivity index (χ0v) is 12.0. The summed E-state index contributed by atoms with van der Waals surface area (Å²) >= 11 is 0. The number of rotatable bonds is 2. The summed E-state index contributed by atoms with van der Waals surface area (Å²) in [5, 5.41) is 9.02. The van der Waals surface area contributed by atoms with Crippen molar-refractivity contribution in [1.82, 2.24) is 0 Å². The normalized spacial score (nSPS) is 15.7. The molecular weight excluding hydrogens is 276 g/mol. The fourth-order valence-corrected chi connectivity index (χ4v) is 3.23. The van der Waals surface area contributed by atoms with Gasteiger partial charge in [0, 0.05) is 17.7 Å². The predicted octanol–water partition coefficient (Wildman–Crippen LogP) is 2.33. The monoisotopic (exact) mass is 292 g/mol. The van der Waals surface area contributed by atoms with Gasteiger partial charge in [-0.05, 0) is 31.0 Å². The molecule has 1 aliphatic rings. The highest BCUT2D eigenvalue weighted by Gasteiger charge is 2.18. The number of aromatic carboxylic acids is 1. The van der Waals surface area contributed by atoms with Crippen molar-refractivity contribution in [2.24, 2.45) is 5.92 Å². The van der Waals surface area contributed by atoms with E-state index >= 15 is 0 Å². The van der Waals surface area contributed by atoms with Crippen LogP contribution in [0.2, 0.25) is 0 Å². The lowest BCUT2D eigenvalue weighted by Crippen LogP contribution is -2.08. The molecule has 0 aromatic heterocycles. The molecule has 0 radical (unpaired) electrons. The SMILES string of the molecule is CS(=O)(=O)c1cc(C#CC2CCCC2)ccc1C(=O)O. The number of sulfone groups is 1. The van der Waals surface area contributed by atoms with Crippen LogP contribution in [0.15, 0.2) is 23.1 Å². The van der Waals surface area contributed by atoms with Crippen molar-refractivity contribution >= 4 is 15.8 Å². The van der Waals surface area contributed by atoms with Crippen LogP contribution in [0, 0.1) is 17.8 Å². The lowest BCUT2D eigenvalue weighted by Gasteiger charge is -2.04. The van der Waals surface area contributed by atoms with Crippen LogP contribution >= 0.6 is 0 Å². The molecule has 2 rings (SSSR count). The summed E-state index contributed by atoms with van der Waals surface area (Å²) in [6.45, 7) is 0. The molecule has 0 amide bonds. The van der Waals surface area contributed by atoms with Crippen LogP contribution in [-0.4, -0.2) is 25.7 Å². The first-order chi connectivity index (χ1) is 9.38. The standard InChI is InChI=1S/C15H16O4S/c1-20(18,19)14-10-12(8-9-13(14)15(16)17)7-6-11-4-2-3-5-11/h8-11H,2-5H2,1H3,(H,16,17). The lowest BCUT2D eigenvalue weighted by molar-refractivity contribution is 0.0692. The van der Waals surface area contributed by atoms with Crippen molar-refractivity contribution in [1.29, 1.82) is 0 Å². The molecule has 0 aliphatic heterocycles. The fraction of sp³-hybridized carbons (Fsp3) is 0.400. The average Bonchev–Trinajstić information content (AvgIpc) is 2.88. The Bertz CT molecular complexity index is 686. The minimum Gasteiger partial charge on any atom is -0.478 e. The van der Waals surface area contributed by atoms with E-state index < -0.39 is 15.8 Å². The molecule has 20 heavy (non-hydrogen) atoms. The predicted molar refractivity (Wildman–Crippen MR) is 75.3 cm³/mol. The van der Waals surface area contributed by atoms with Gasteiger partial charge in [0.25, 0.3) is 0 Å². The van der Waals surface area contributed by atoms with Crippen molar-refractivity contribution in [3.63, 3.8) is 0 Å². The van der Waals surface area contributed by atoms with Gasteiger partial charge >= 0.3 is 5.97 Å². The largest absolute Gasteiger partial charge is 0.478 e. The Morgan fingerprint density at radius 3 is 2.50 bits per heavy atom. The van der Waals surface area contributed by atoms with Crippen molar-refractivity contribution in [3.8, 4) is 11.8 Å². The Hall–Kier alpha value is -1.80. The van der Waals surface area contributed by atoms with Gasteiger partial charge in [-0.15, -0.1) is 0 Å². The molecule has 5 heteroatoms. The Kier molecular flexibility index (Phi) is 4.15. The molecule has 1 aliphatic carbocycles. The zero-order chi connectivity index (χ0) is 14.8. The molecule has 1 fully saturated rings. The second kappa shape index (κ2) is 5.68. The van der Waals surface area contributed by atoms with Gasteiger partial charge in [-0.25, -0.2) is 13.2 Å². The van der Waals surface area contributed by atoms with Crippen molar-refractivity contribution in [2.75, 3.05) is 6.26 Å². The van der Waals surface area contributed by atoms with E-state index in [0.717, 1.165) is 19.1 Å². The summed E-state index contributed by atoms with van der Waals surface area (Å²) in [7, 11) is -3.59. The van der Waals surface area contributed by atoms with E-state index in [4.69, 9.17) is 5.11 Å². The minimum absolute atomic E-state index is 0.178. The first-order valence-corrected chi connectivity index (χ1v) is 8.36. The minimum atomic E-state index is -3.59. The maximum Gasteiger partial charge on any atom is 0.337 e. The molecule has 0 unspecified atom stereocenters. The first kappa shape index (κ1) is 14.6. The molecule has 0 saturated heterocycles. The molecule has 0 heterocycles. The summed E-state index contributed by atoms with van der Waals surface area (Å²) in [4.78, 5) is 10.9. The number of carboxylic acids is 1. The lowest BCUT2D eigenvalue weighted by atomic mass is 10.1. The summed E-state index contributed by atoms with van der Waals surface area (Å²) in [5.41, 5.74) is 0.334. The Morgan fingerprint density at radius 2 is 1.95 bits per heavy atom. The van der Waals surface area contributed by atoms with E-state index in [1.807, 2.05) is 0 Å². The maximum atomic E-state index is 11.7. The van der Waals surface area contributed by atoms with E-state index in [0.29, 0.717) is 11.5 Å². The second-order valence-corrected chi connectivity index (χ2v) is 7.02. The highest BCUT2D eigenvalue weighted by Crippen LogP contribution is 2.24. The van der Waals surface area contributed by atoms with Gasteiger partial charge < -0.3 is 5.11 Å². The smallest absolute Gasteiger partial charge is 0.337 e. The van der Waals surface area contributed by atoms with Crippen LogP contribution in [0.3, 0.4) is 0 Å². The summed E-state index contributed by atoms with van der Waals surface area (Å²) < 4.78 is 23.3. The first-order valence-electron chi connectivity index (χ1n) is 6.47. The highest BCUT2D eigenvalue weighted by molar-refractivity contribution is 7.90. The third-order valence-electron chi connectivity index (χ3n) is 3.39. The second-order valence-electron chi connectivity index (χ2n) is 5.04. The summed E-state index contributed by atoms with van der Waals surface area (Å²) in [6, 6.07) is 4.21. The average molecular weight is 292 g/mol. The van der Waals surface area contributed by atoms with Crippen LogP contribution in [0.4, 0.5) is 0 Å². The zero-order valence-electron chi connectivity index (χ0n) is 11.2. The van der Waals surface area contributed by atoms with Crippen molar-refractivity contribution in [3.05, 3.63) is 29.3 Å². The quantitative estimate of drug-likeness (QED) is 0.849. The van der Waals surface area contributed by atoms with Gasteiger partial charge in [-0.2, -0.15) is 0 Å². The van der Waals surface area contributed by atoms with Gasteiger partial charge in [0.1, 0.15) is 0 Å². The van der Waals surface area contributed by atoms with Gasteiger partial charge in [-0.3, -0.25) is 0 Å². The molecule has 4 nitrogen and oxygen atoms in total. The van der Waals surface area contributed by atoms with Gasteiger partial charge in [0.2, 0.25) is 0 Å². The number of benzene rings is 1. The number of hydrogen-bond donors (Lipinski definition) is 1. The summed E-state index contributed by atoms with van der Waals surface area (Å²) in [5.74, 6) is 5.21. The van der Waals surface area contributed by atoms with Crippen LogP contribution in [0.1, 0.15) is 41.6 Å². The molecule has 1 N–H and O–H groups in total. The van der Waals surface area contributed by atoms with E-state index in [-0.39, 0.29) is 10.5 Å². The van der Waals surface area contributed by atoms with E-state index in [2.05, 4.69) is 11.8 Å². The fourth-order valence-electron chi connectivity index (χ4n) is 2.34. The van der Waals surface area contributed by atoms with E-state index in [9.17, 15) is 13.2 Å². The van der Waals surface area contributed by atoms with Crippen LogP contribution in [0.5, 0.6) is 0 Å². The van der Waals surface area contributed by atoms with Crippen molar-refractivity contribution < 1.29 is 18.3 Å². The summed E-state index contributed by atoms with van der Waals surface area (Å²) in [6.07, 6.45) is 5.54. The molecular formula is C15H16O4S. The maximum absolute atomic E-state index is 11.7. The molecule has 0 atom stereocenters. The third kappa shape index (κ3) is 3.40. The van der Waals surface area contributed by atoms with Gasteiger partial charge in [0.05, 0.1) is 10.5 Å². The molecule has 0 spiro atoms. The Labute approximate surface area is 118 Å². The molecule has 1 aromatic rings. The highest BCUT2D eigenvalue weighted by atomic mass is 32.2. The Morgan fingerprint density at radius 1 is 1.30 bits per heavy atom. The molecule has 106 valence electrons.